The van der Waals surface area contributed by atoms with Crippen LogP contribution in [0.3, 0.4) is 0 Å². The lowest BCUT2D eigenvalue weighted by Crippen LogP contribution is -2.28. The second-order valence-corrected chi connectivity index (χ2v) is 8.17. The van der Waals surface area contributed by atoms with Crippen LogP contribution >= 0.6 is 0 Å². The normalized spacial score (nSPS) is 11.9. The van der Waals surface area contributed by atoms with Crippen LogP contribution in [0.5, 0.6) is 5.75 Å². The Morgan fingerprint density at radius 2 is 1.97 bits per heavy atom. The lowest BCUT2D eigenvalue weighted by atomic mass is 9.99. The zero-order valence-corrected chi connectivity index (χ0v) is 19.8. The number of hydrogen-bond acceptors (Lipinski definition) is 7. The molecule has 1 atom stereocenters. The number of pyridine rings is 1. The second-order valence-electron chi connectivity index (χ2n) is 8.17. The molecule has 0 aliphatic rings. The Balaban J connectivity index is 1.82. The van der Waals surface area contributed by atoms with E-state index in [0.717, 1.165) is 39.0 Å². The highest BCUT2D eigenvalue weighted by Crippen LogP contribution is 2.41. The number of nitrogens with two attached hydrogens (primary N) is 1. The summed E-state index contributed by atoms with van der Waals surface area (Å²) in [7, 11) is 0. The number of carbonyl (C=O) groups is 1. The molecule has 0 saturated carbocycles. The van der Waals surface area contributed by atoms with Gasteiger partial charge in [-0.2, -0.15) is 0 Å². The summed E-state index contributed by atoms with van der Waals surface area (Å²) < 4.78 is 11.4. The summed E-state index contributed by atoms with van der Waals surface area (Å²) in [5.41, 5.74) is 11.8. The first-order valence-corrected chi connectivity index (χ1v) is 11.3. The van der Waals surface area contributed by atoms with Crippen molar-refractivity contribution in [2.45, 2.75) is 33.7 Å². The number of amides is 1. The number of aryl methyl sites for hydroxylation is 2. The molecule has 4 N–H and O–H groups in total. The van der Waals surface area contributed by atoms with Gasteiger partial charge in [0, 0.05) is 23.5 Å². The molecule has 8 nitrogen and oxygen atoms in total. The predicted octanol–water partition coefficient (Wildman–Crippen LogP) is 4.78. The van der Waals surface area contributed by atoms with E-state index in [-0.39, 0.29) is 18.6 Å². The highest BCUT2D eigenvalue weighted by molar-refractivity contribution is 6.01. The number of hydrogen-bond donors (Lipinski definition) is 3. The summed E-state index contributed by atoms with van der Waals surface area (Å²) in [5, 5.41) is 11.2. The molecule has 34 heavy (non-hydrogen) atoms. The van der Waals surface area contributed by atoms with Crippen molar-refractivity contribution in [3.8, 4) is 16.9 Å². The van der Waals surface area contributed by atoms with E-state index in [9.17, 15) is 4.79 Å². The van der Waals surface area contributed by atoms with Crippen molar-refractivity contribution in [1.29, 1.82) is 0 Å². The Kier molecular flexibility index (Phi) is 6.67. The van der Waals surface area contributed by atoms with Crippen molar-refractivity contribution in [2.24, 2.45) is 0 Å². The van der Waals surface area contributed by atoms with E-state index in [0.29, 0.717) is 23.7 Å². The van der Waals surface area contributed by atoms with Crippen LogP contribution in [-0.4, -0.2) is 29.2 Å². The number of fused-ring (bicyclic) bond motifs is 1. The van der Waals surface area contributed by atoms with Gasteiger partial charge in [0.25, 0.3) is 5.91 Å². The van der Waals surface area contributed by atoms with Crippen molar-refractivity contribution in [3.05, 3.63) is 65.7 Å². The number of carbonyl (C=O) groups excluding carboxylic acids is 1. The molecule has 4 rings (SSSR count). The molecule has 8 heteroatoms. The maximum atomic E-state index is 12.1. The Labute approximate surface area is 198 Å². The van der Waals surface area contributed by atoms with Crippen molar-refractivity contribution in [2.75, 3.05) is 24.2 Å². The van der Waals surface area contributed by atoms with Gasteiger partial charge in [0.15, 0.2) is 6.61 Å². The molecule has 0 unspecified atom stereocenters. The molecule has 0 fully saturated rings. The highest BCUT2D eigenvalue weighted by Gasteiger charge is 2.20. The monoisotopic (exact) mass is 459 g/mol. The molecular formula is C26H29N5O3. The number of benzene rings is 2. The highest BCUT2D eigenvalue weighted by atomic mass is 16.5. The number of anilines is 2. The molecule has 0 spiro atoms. The van der Waals surface area contributed by atoms with Gasteiger partial charge in [-0.3, -0.25) is 9.78 Å². The smallest absolute Gasteiger partial charge is 0.257 e. The third-order valence-electron chi connectivity index (χ3n) is 5.69. The van der Waals surface area contributed by atoms with Crippen molar-refractivity contribution < 1.29 is 14.1 Å². The summed E-state index contributed by atoms with van der Waals surface area (Å²) in [6.07, 6.45) is 1.65. The van der Waals surface area contributed by atoms with Crippen molar-refractivity contribution in [1.82, 2.24) is 15.5 Å². The van der Waals surface area contributed by atoms with Crippen LogP contribution in [0.25, 0.3) is 22.0 Å². The predicted molar refractivity (Wildman–Crippen MR) is 134 cm³/mol. The molecule has 4 aromatic rings. The lowest BCUT2D eigenvalue weighted by Gasteiger charge is -2.20. The summed E-state index contributed by atoms with van der Waals surface area (Å²) in [6.45, 7) is 8.07. The molecule has 1 amide bonds. The quantitative estimate of drug-likeness (QED) is 0.347. The van der Waals surface area contributed by atoms with E-state index < -0.39 is 0 Å². The third-order valence-corrected chi connectivity index (χ3v) is 5.69. The average Bonchev–Trinajstić information content (AvgIpc) is 3.17. The number of nitrogens with zero attached hydrogens (tertiary/aromatic N) is 2. The minimum absolute atomic E-state index is 0.0102. The minimum Gasteiger partial charge on any atom is -0.483 e. The topological polar surface area (TPSA) is 115 Å². The Hall–Kier alpha value is -4.07. The van der Waals surface area contributed by atoms with E-state index in [2.05, 4.69) is 39.8 Å². The SMILES string of the molecule is CCNC(=O)COc1cc2c(N[C@H](C)c3ccccc3)c(N)cnc2cc1-c1c(C)noc1C. The number of rotatable bonds is 8. The Morgan fingerprint density at radius 1 is 1.21 bits per heavy atom. The number of ether oxygens (including phenoxy) is 1. The van der Waals surface area contributed by atoms with Gasteiger partial charge < -0.3 is 25.6 Å². The summed E-state index contributed by atoms with van der Waals surface area (Å²) >= 11 is 0. The molecule has 2 aromatic heterocycles. The lowest BCUT2D eigenvalue weighted by molar-refractivity contribution is -0.122. The Bertz CT molecular complexity index is 1300. The number of likely N-dealkylation sites (N-methyl/N-ethyl adjacent to an activating group) is 1. The summed E-state index contributed by atoms with van der Waals surface area (Å²) in [6, 6.07) is 13.9. The first-order valence-electron chi connectivity index (χ1n) is 11.3. The zero-order chi connectivity index (χ0) is 24.2. The van der Waals surface area contributed by atoms with Crippen molar-refractivity contribution in [3.63, 3.8) is 0 Å². The van der Waals surface area contributed by atoms with E-state index >= 15 is 0 Å². The summed E-state index contributed by atoms with van der Waals surface area (Å²) in [4.78, 5) is 16.7. The van der Waals surface area contributed by atoms with Crippen LogP contribution in [-0.2, 0) is 4.79 Å². The standard InChI is InChI=1S/C26H29N5O3/c1-5-28-24(32)14-33-23-12-19-22(11-20(23)25-16(3)31-34-17(25)4)29-13-21(27)26(19)30-15(2)18-9-7-6-8-10-18/h6-13,15H,5,14,27H2,1-4H3,(H,28,32)(H,29,30)/t15-/m1/s1. The van der Waals surface area contributed by atoms with Gasteiger partial charge in [-0.1, -0.05) is 35.5 Å². The summed E-state index contributed by atoms with van der Waals surface area (Å²) in [5.74, 6) is 0.983. The van der Waals surface area contributed by atoms with Gasteiger partial charge in [-0.15, -0.1) is 0 Å². The largest absolute Gasteiger partial charge is 0.483 e. The molecule has 2 heterocycles. The molecule has 0 radical (unpaired) electrons. The molecule has 0 bridgehead atoms. The number of aromatic nitrogens is 2. The first kappa shape index (κ1) is 23.1. The van der Waals surface area contributed by atoms with Crippen LogP contribution in [0.2, 0.25) is 0 Å². The van der Waals surface area contributed by atoms with Gasteiger partial charge in [-0.25, -0.2) is 0 Å². The third kappa shape index (κ3) is 4.66. The van der Waals surface area contributed by atoms with Gasteiger partial charge in [0.2, 0.25) is 0 Å². The Morgan fingerprint density at radius 3 is 2.65 bits per heavy atom. The average molecular weight is 460 g/mol. The van der Waals surface area contributed by atoms with Crippen LogP contribution in [0.15, 0.2) is 53.2 Å². The molecule has 2 aromatic carbocycles. The maximum absolute atomic E-state index is 12.1. The fourth-order valence-corrected chi connectivity index (χ4v) is 4.01. The fraction of sp³-hybridized carbons (Fsp3) is 0.269. The van der Waals surface area contributed by atoms with Gasteiger partial charge in [0.1, 0.15) is 11.5 Å². The van der Waals surface area contributed by atoms with Crippen LogP contribution < -0.4 is 21.1 Å². The fourth-order valence-electron chi connectivity index (χ4n) is 4.01. The van der Waals surface area contributed by atoms with Crippen molar-refractivity contribution >= 4 is 28.2 Å². The van der Waals surface area contributed by atoms with E-state index in [1.165, 1.54) is 0 Å². The number of nitrogens with one attached hydrogen (secondary N) is 2. The number of nitrogen functional groups attached to an aromatic ring is 1. The van der Waals surface area contributed by atoms with Crippen LogP contribution in [0.4, 0.5) is 11.4 Å². The second kappa shape index (κ2) is 9.82. The maximum Gasteiger partial charge on any atom is 0.257 e. The van der Waals surface area contributed by atoms with Gasteiger partial charge >= 0.3 is 0 Å². The zero-order valence-electron chi connectivity index (χ0n) is 19.8. The van der Waals surface area contributed by atoms with Crippen LogP contribution in [0, 0.1) is 13.8 Å². The van der Waals surface area contributed by atoms with E-state index in [1.807, 2.05) is 51.1 Å². The molecule has 0 aliphatic heterocycles. The van der Waals surface area contributed by atoms with E-state index in [4.69, 9.17) is 15.0 Å². The molecule has 176 valence electrons. The van der Waals surface area contributed by atoms with Gasteiger partial charge in [0.05, 0.1) is 34.3 Å². The molecule has 0 saturated heterocycles. The van der Waals surface area contributed by atoms with E-state index in [1.54, 1.807) is 6.20 Å². The molecular weight excluding hydrogens is 430 g/mol. The van der Waals surface area contributed by atoms with Gasteiger partial charge in [-0.05, 0) is 45.4 Å². The minimum atomic E-state index is -0.200. The molecule has 0 aliphatic carbocycles. The van der Waals surface area contributed by atoms with Crippen LogP contribution in [0.1, 0.15) is 36.9 Å². The first-order chi connectivity index (χ1) is 16.4.